The topological polar surface area (TPSA) is 37.8 Å². The lowest BCUT2D eigenvalue weighted by Gasteiger charge is -2.29. The van der Waals surface area contributed by atoms with Gasteiger partial charge in [0.05, 0.1) is 10.6 Å². The molecule has 1 N–H and O–H groups in total. The summed E-state index contributed by atoms with van der Waals surface area (Å²) in [6.45, 7) is 2.20. The second-order valence-electron chi connectivity index (χ2n) is 4.71. The van der Waals surface area contributed by atoms with Gasteiger partial charge in [0.15, 0.2) is 0 Å². The van der Waals surface area contributed by atoms with Crippen molar-refractivity contribution in [3.8, 4) is 0 Å². The molecule has 1 aliphatic carbocycles. The maximum absolute atomic E-state index is 4.25. The van der Waals surface area contributed by atoms with Crippen molar-refractivity contribution in [1.82, 2.24) is 14.9 Å². The predicted octanol–water partition coefficient (Wildman–Crippen LogP) is 2.94. The minimum atomic E-state index is 0.479. The molecule has 0 bridgehead atoms. The van der Waals surface area contributed by atoms with Gasteiger partial charge in [-0.05, 0) is 37.3 Å². The maximum Gasteiger partial charge on any atom is 0.0803 e. The Morgan fingerprint density at radius 1 is 1.50 bits per heavy atom. The summed E-state index contributed by atoms with van der Waals surface area (Å²) in [5.74, 6) is 0.925. The number of rotatable bonds is 6. The van der Waals surface area contributed by atoms with E-state index in [-0.39, 0.29) is 0 Å². The van der Waals surface area contributed by atoms with Gasteiger partial charge in [0, 0.05) is 6.04 Å². The molecule has 1 atom stereocenters. The molecule has 0 spiro atoms. The van der Waals surface area contributed by atoms with E-state index in [9.17, 15) is 0 Å². The predicted molar refractivity (Wildman–Crippen MR) is 67.7 cm³/mol. The second kappa shape index (κ2) is 5.73. The van der Waals surface area contributed by atoms with E-state index in [1.54, 1.807) is 11.5 Å². The molecule has 1 saturated carbocycles. The zero-order valence-corrected chi connectivity index (χ0v) is 11.0. The molecule has 1 aromatic rings. The molecule has 0 saturated heterocycles. The van der Waals surface area contributed by atoms with Crippen molar-refractivity contribution in [2.24, 2.45) is 5.92 Å². The van der Waals surface area contributed by atoms with Crippen molar-refractivity contribution in [1.29, 1.82) is 0 Å². The number of aromatic nitrogens is 2. The van der Waals surface area contributed by atoms with Gasteiger partial charge < -0.3 is 5.32 Å². The first-order chi connectivity index (χ1) is 7.85. The molecule has 2 rings (SSSR count). The minimum absolute atomic E-state index is 0.479. The Labute approximate surface area is 102 Å². The van der Waals surface area contributed by atoms with E-state index in [0.717, 1.165) is 18.8 Å². The second-order valence-corrected chi connectivity index (χ2v) is 5.49. The van der Waals surface area contributed by atoms with Crippen LogP contribution in [0.5, 0.6) is 0 Å². The largest absolute Gasteiger partial charge is 0.312 e. The van der Waals surface area contributed by atoms with Crippen LogP contribution in [0.2, 0.25) is 0 Å². The zero-order valence-electron chi connectivity index (χ0n) is 10.2. The lowest BCUT2D eigenvalue weighted by Crippen LogP contribution is -2.23. The molecular weight excluding hydrogens is 218 g/mol. The first kappa shape index (κ1) is 12.0. The monoisotopic (exact) mass is 239 g/mol. The normalized spacial score (nSPS) is 18.4. The molecule has 1 fully saturated rings. The minimum Gasteiger partial charge on any atom is -0.312 e. The van der Waals surface area contributed by atoms with Gasteiger partial charge in [0.1, 0.15) is 0 Å². The highest BCUT2D eigenvalue weighted by atomic mass is 32.1. The van der Waals surface area contributed by atoms with Crippen molar-refractivity contribution < 1.29 is 0 Å². The van der Waals surface area contributed by atoms with Gasteiger partial charge in [-0.1, -0.05) is 37.1 Å². The van der Waals surface area contributed by atoms with Gasteiger partial charge in [0.2, 0.25) is 0 Å². The van der Waals surface area contributed by atoms with E-state index in [1.807, 2.05) is 0 Å². The Hall–Kier alpha value is -0.480. The maximum atomic E-state index is 4.25. The van der Waals surface area contributed by atoms with Crippen LogP contribution in [0.1, 0.15) is 55.6 Å². The van der Waals surface area contributed by atoms with E-state index < -0.39 is 0 Å². The summed E-state index contributed by atoms with van der Waals surface area (Å²) in [6, 6.07) is 0.479. The Kier molecular flexibility index (Phi) is 4.29. The molecular formula is C12H21N3S. The molecule has 0 aromatic carbocycles. The molecule has 0 amide bonds. The van der Waals surface area contributed by atoms with Gasteiger partial charge in [0.25, 0.3) is 0 Å². The number of nitrogens with one attached hydrogen (secondary N) is 1. The SMILES string of the molecule is CCCc1nnsc1C(CC1CCC1)NC. The van der Waals surface area contributed by atoms with Crippen LogP contribution >= 0.6 is 11.5 Å². The number of hydrogen-bond donors (Lipinski definition) is 1. The van der Waals surface area contributed by atoms with E-state index in [2.05, 4.69) is 28.9 Å². The van der Waals surface area contributed by atoms with Crippen LogP contribution in [0.3, 0.4) is 0 Å². The molecule has 0 radical (unpaired) electrons. The van der Waals surface area contributed by atoms with E-state index in [0.29, 0.717) is 6.04 Å². The fourth-order valence-electron chi connectivity index (χ4n) is 2.31. The quantitative estimate of drug-likeness (QED) is 0.829. The summed E-state index contributed by atoms with van der Waals surface area (Å²) >= 11 is 1.58. The van der Waals surface area contributed by atoms with Gasteiger partial charge in [-0.2, -0.15) is 0 Å². The average Bonchev–Trinajstić information content (AvgIpc) is 2.66. The van der Waals surface area contributed by atoms with E-state index in [4.69, 9.17) is 0 Å². The zero-order chi connectivity index (χ0) is 11.4. The van der Waals surface area contributed by atoms with Crippen LogP contribution in [-0.4, -0.2) is 16.6 Å². The van der Waals surface area contributed by atoms with E-state index >= 15 is 0 Å². The summed E-state index contributed by atoms with van der Waals surface area (Å²) in [5, 5.41) is 7.69. The number of hydrogen-bond acceptors (Lipinski definition) is 4. The first-order valence-corrected chi connectivity index (χ1v) is 7.10. The fourth-order valence-corrected chi connectivity index (χ4v) is 3.13. The first-order valence-electron chi connectivity index (χ1n) is 6.33. The smallest absolute Gasteiger partial charge is 0.0803 e. The summed E-state index contributed by atoms with van der Waals surface area (Å²) in [5.41, 5.74) is 1.21. The highest BCUT2D eigenvalue weighted by Gasteiger charge is 2.25. The van der Waals surface area contributed by atoms with Crippen molar-refractivity contribution in [2.45, 2.75) is 51.5 Å². The lowest BCUT2D eigenvalue weighted by atomic mass is 9.80. The molecule has 4 heteroatoms. The summed E-state index contributed by atoms with van der Waals surface area (Å²) in [7, 11) is 2.05. The third kappa shape index (κ3) is 2.61. The van der Waals surface area contributed by atoms with Crippen LogP contribution in [0.4, 0.5) is 0 Å². The fraction of sp³-hybridized carbons (Fsp3) is 0.833. The molecule has 90 valence electrons. The standard InChI is InChI=1S/C12H21N3S/c1-3-5-10-12(16-15-14-10)11(13-2)8-9-6-4-7-9/h9,11,13H,3-8H2,1-2H3. The summed E-state index contributed by atoms with van der Waals surface area (Å²) < 4.78 is 4.11. The van der Waals surface area contributed by atoms with Crippen LogP contribution in [-0.2, 0) is 6.42 Å². The highest BCUT2D eigenvalue weighted by molar-refractivity contribution is 7.05. The Bertz CT molecular complexity index is 320. The number of aryl methyl sites for hydroxylation is 1. The molecule has 1 unspecified atom stereocenters. The molecule has 1 aromatic heterocycles. The average molecular weight is 239 g/mol. The molecule has 1 aliphatic rings. The summed E-state index contributed by atoms with van der Waals surface area (Å²) in [4.78, 5) is 1.37. The number of nitrogens with zero attached hydrogens (tertiary/aromatic N) is 2. The van der Waals surface area contributed by atoms with Gasteiger partial charge in [-0.25, -0.2) is 0 Å². The van der Waals surface area contributed by atoms with Crippen molar-refractivity contribution in [2.75, 3.05) is 7.05 Å². The third-order valence-electron chi connectivity index (χ3n) is 3.53. The van der Waals surface area contributed by atoms with Crippen LogP contribution < -0.4 is 5.32 Å². The Morgan fingerprint density at radius 3 is 2.88 bits per heavy atom. The Morgan fingerprint density at radius 2 is 2.31 bits per heavy atom. The van der Waals surface area contributed by atoms with Crippen LogP contribution in [0.15, 0.2) is 0 Å². The van der Waals surface area contributed by atoms with Crippen LogP contribution in [0, 0.1) is 5.92 Å². The molecule has 16 heavy (non-hydrogen) atoms. The third-order valence-corrected chi connectivity index (χ3v) is 4.41. The van der Waals surface area contributed by atoms with Crippen molar-refractivity contribution in [3.63, 3.8) is 0 Å². The van der Waals surface area contributed by atoms with Crippen molar-refractivity contribution >= 4 is 11.5 Å². The van der Waals surface area contributed by atoms with Gasteiger partial charge >= 0.3 is 0 Å². The molecule has 3 nitrogen and oxygen atoms in total. The van der Waals surface area contributed by atoms with E-state index in [1.165, 1.54) is 36.3 Å². The van der Waals surface area contributed by atoms with Crippen molar-refractivity contribution in [3.05, 3.63) is 10.6 Å². The van der Waals surface area contributed by atoms with Gasteiger partial charge in [-0.15, -0.1) is 5.10 Å². The van der Waals surface area contributed by atoms with Gasteiger partial charge in [-0.3, -0.25) is 0 Å². The summed E-state index contributed by atoms with van der Waals surface area (Å²) in [6.07, 6.45) is 7.72. The molecule has 1 heterocycles. The van der Waals surface area contributed by atoms with Crippen LogP contribution in [0.25, 0.3) is 0 Å². The molecule has 0 aliphatic heterocycles. The Balaban J connectivity index is 2.02. The lowest BCUT2D eigenvalue weighted by molar-refractivity contribution is 0.266. The highest BCUT2D eigenvalue weighted by Crippen LogP contribution is 2.36.